The van der Waals surface area contributed by atoms with Crippen LogP contribution in [0.15, 0.2) is 24.3 Å². The third-order valence-corrected chi connectivity index (χ3v) is 5.53. The Bertz CT molecular complexity index is 964. The van der Waals surface area contributed by atoms with Crippen molar-refractivity contribution in [2.24, 2.45) is 0 Å². The highest BCUT2D eigenvalue weighted by atomic mass is 15.4. The molecule has 0 fully saturated rings. The summed E-state index contributed by atoms with van der Waals surface area (Å²) in [6, 6.07) is 8.70. The van der Waals surface area contributed by atoms with Crippen LogP contribution in [0.3, 0.4) is 0 Å². The van der Waals surface area contributed by atoms with Crippen LogP contribution in [0.25, 0.3) is 16.8 Å². The molecule has 1 aliphatic carbocycles. The Balaban J connectivity index is 1.99. The number of anilines is 1. The van der Waals surface area contributed by atoms with E-state index in [0.717, 1.165) is 50.1 Å². The summed E-state index contributed by atoms with van der Waals surface area (Å²) in [5, 5.41) is 4.99. The molecular formula is C23H30N4. The molecule has 0 saturated heterocycles. The first-order chi connectivity index (χ1) is 13.1. The molecule has 0 atom stereocenters. The fourth-order valence-electron chi connectivity index (χ4n) is 4.44. The highest BCUT2D eigenvalue weighted by molar-refractivity contribution is 5.82. The first kappa shape index (κ1) is 18.0. The lowest BCUT2D eigenvalue weighted by Gasteiger charge is -2.26. The summed E-state index contributed by atoms with van der Waals surface area (Å²) in [7, 11) is 0. The van der Waals surface area contributed by atoms with Crippen molar-refractivity contribution in [3.8, 4) is 11.1 Å². The lowest BCUT2D eigenvalue weighted by Crippen LogP contribution is -2.29. The normalized spacial score (nSPS) is 13.3. The predicted molar refractivity (Wildman–Crippen MR) is 113 cm³/mol. The molecule has 142 valence electrons. The third kappa shape index (κ3) is 3.11. The second-order valence-corrected chi connectivity index (χ2v) is 7.77. The molecule has 2 heterocycles. The quantitative estimate of drug-likeness (QED) is 0.609. The molecule has 0 amide bonds. The van der Waals surface area contributed by atoms with Crippen LogP contribution in [-0.4, -0.2) is 27.7 Å². The number of nitrogens with zero attached hydrogens (tertiary/aromatic N) is 4. The van der Waals surface area contributed by atoms with Gasteiger partial charge in [0.05, 0.1) is 5.69 Å². The van der Waals surface area contributed by atoms with Gasteiger partial charge >= 0.3 is 0 Å². The molecule has 1 aromatic carbocycles. The van der Waals surface area contributed by atoms with E-state index in [1.54, 1.807) is 0 Å². The van der Waals surface area contributed by atoms with Gasteiger partial charge in [-0.2, -0.15) is 9.61 Å². The summed E-state index contributed by atoms with van der Waals surface area (Å²) in [5.74, 6) is 1.29. The minimum atomic E-state index is 1.02. The molecule has 4 nitrogen and oxygen atoms in total. The van der Waals surface area contributed by atoms with Crippen molar-refractivity contribution in [2.45, 2.75) is 59.8 Å². The van der Waals surface area contributed by atoms with Crippen LogP contribution in [0, 0.1) is 13.8 Å². The Labute approximate surface area is 162 Å². The van der Waals surface area contributed by atoms with Gasteiger partial charge in [0, 0.05) is 29.9 Å². The van der Waals surface area contributed by atoms with Crippen LogP contribution in [-0.2, 0) is 12.8 Å². The van der Waals surface area contributed by atoms with Gasteiger partial charge in [0.1, 0.15) is 5.82 Å². The standard InChI is InChI=1S/C23H30N4/c1-5-13-26(14-6-2)23-19-11-8-12-20(19)24-22-21(17(4)25-27(22)23)18-10-7-9-16(3)15-18/h7,9-10,15H,5-6,8,11-14H2,1-4H3. The van der Waals surface area contributed by atoms with Crippen LogP contribution in [0.5, 0.6) is 0 Å². The first-order valence-electron chi connectivity index (χ1n) is 10.4. The topological polar surface area (TPSA) is 33.4 Å². The third-order valence-electron chi connectivity index (χ3n) is 5.53. The zero-order chi connectivity index (χ0) is 19.0. The molecule has 0 N–H and O–H groups in total. The summed E-state index contributed by atoms with van der Waals surface area (Å²) in [4.78, 5) is 7.65. The zero-order valence-corrected chi connectivity index (χ0v) is 17.0. The minimum Gasteiger partial charge on any atom is -0.356 e. The van der Waals surface area contributed by atoms with Crippen molar-refractivity contribution in [3.63, 3.8) is 0 Å². The molecule has 0 radical (unpaired) electrons. The summed E-state index contributed by atoms with van der Waals surface area (Å²) < 4.78 is 2.14. The monoisotopic (exact) mass is 362 g/mol. The smallest absolute Gasteiger partial charge is 0.165 e. The second kappa shape index (κ2) is 7.34. The van der Waals surface area contributed by atoms with Crippen LogP contribution < -0.4 is 4.90 Å². The summed E-state index contributed by atoms with van der Waals surface area (Å²) in [6.07, 6.45) is 5.69. The maximum atomic E-state index is 5.12. The number of rotatable bonds is 6. The number of fused-ring (bicyclic) bond motifs is 2. The molecule has 4 heteroatoms. The average molecular weight is 363 g/mol. The number of aromatic nitrogens is 3. The van der Waals surface area contributed by atoms with Crippen molar-refractivity contribution in [2.75, 3.05) is 18.0 Å². The Morgan fingerprint density at radius 2 is 1.85 bits per heavy atom. The van der Waals surface area contributed by atoms with Gasteiger partial charge in [-0.3, -0.25) is 0 Å². The van der Waals surface area contributed by atoms with Crippen molar-refractivity contribution >= 4 is 11.5 Å². The van der Waals surface area contributed by atoms with Gasteiger partial charge in [0.15, 0.2) is 5.65 Å². The number of benzene rings is 1. The van der Waals surface area contributed by atoms with Gasteiger partial charge < -0.3 is 4.90 Å². The van der Waals surface area contributed by atoms with Gasteiger partial charge in [-0.15, -0.1) is 0 Å². The van der Waals surface area contributed by atoms with E-state index < -0.39 is 0 Å². The predicted octanol–water partition coefficient (Wildman–Crippen LogP) is 5.13. The minimum absolute atomic E-state index is 1.02. The molecule has 27 heavy (non-hydrogen) atoms. The van der Waals surface area contributed by atoms with E-state index in [4.69, 9.17) is 10.1 Å². The molecule has 0 spiro atoms. The molecule has 0 bridgehead atoms. The number of hydrogen-bond acceptors (Lipinski definition) is 3. The van der Waals surface area contributed by atoms with E-state index >= 15 is 0 Å². The fourth-order valence-corrected chi connectivity index (χ4v) is 4.44. The van der Waals surface area contributed by atoms with E-state index in [1.165, 1.54) is 40.2 Å². The largest absolute Gasteiger partial charge is 0.356 e. The Morgan fingerprint density at radius 3 is 2.56 bits per heavy atom. The number of aryl methyl sites for hydroxylation is 3. The van der Waals surface area contributed by atoms with Crippen molar-refractivity contribution in [3.05, 3.63) is 46.8 Å². The zero-order valence-electron chi connectivity index (χ0n) is 17.0. The molecule has 0 unspecified atom stereocenters. The van der Waals surface area contributed by atoms with Crippen molar-refractivity contribution in [1.82, 2.24) is 14.6 Å². The van der Waals surface area contributed by atoms with E-state index in [0.29, 0.717) is 0 Å². The SMILES string of the molecule is CCCN(CCC)c1c2c(nc3c(-c4cccc(C)c4)c(C)nn13)CCC2. The van der Waals surface area contributed by atoms with Crippen LogP contribution in [0.1, 0.15) is 55.6 Å². The lowest BCUT2D eigenvalue weighted by atomic mass is 10.0. The molecule has 0 saturated carbocycles. The van der Waals surface area contributed by atoms with E-state index in [9.17, 15) is 0 Å². The van der Waals surface area contributed by atoms with Gasteiger partial charge in [-0.25, -0.2) is 4.98 Å². The van der Waals surface area contributed by atoms with Gasteiger partial charge in [0.25, 0.3) is 0 Å². The summed E-state index contributed by atoms with van der Waals surface area (Å²) >= 11 is 0. The van der Waals surface area contributed by atoms with Crippen molar-refractivity contribution in [1.29, 1.82) is 0 Å². The second-order valence-electron chi connectivity index (χ2n) is 7.77. The highest BCUT2D eigenvalue weighted by Gasteiger charge is 2.26. The Morgan fingerprint density at radius 1 is 1.07 bits per heavy atom. The number of hydrogen-bond donors (Lipinski definition) is 0. The van der Waals surface area contributed by atoms with Gasteiger partial charge in [0.2, 0.25) is 0 Å². The summed E-state index contributed by atoms with van der Waals surface area (Å²) in [5.41, 5.74) is 8.45. The lowest BCUT2D eigenvalue weighted by molar-refractivity contribution is 0.708. The fraction of sp³-hybridized carbons (Fsp3) is 0.478. The maximum absolute atomic E-state index is 5.12. The first-order valence-corrected chi connectivity index (χ1v) is 10.4. The van der Waals surface area contributed by atoms with Crippen LogP contribution in [0.4, 0.5) is 5.82 Å². The van der Waals surface area contributed by atoms with Gasteiger partial charge in [-0.05, 0) is 51.5 Å². The van der Waals surface area contributed by atoms with E-state index in [-0.39, 0.29) is 0 Å². The average Bonchev–Trinajstić information content (AvgIpc) is 3.22. The highest BCUT2D eigenvalue weighted by Crippen LogP contribution is 2.36. The maximum Gasteiger partial charge on any atom is 0.165 e. The van der Waals surface area contributed by atoms with Crippen LogP contribution in [0.2, 0.25) is 0 Å². The van der Waals surface area contributed by atoms with Crippen LogP contribution >= 0.6 is 0 Å². The molecule has 3 aromatic rings. The van der Waals surface area contributed by atoms with E-state index in [1.807, 2.05) is 0 Å². The molecule has 0 aliphatic heterocycles. The molecular weight excluding hydrogens is 332 g/mol. The molecule has 2 aromatic heterocycles. The van der Waals surface area contributed by atoms with Gasteiger partial charge in [-0.1, -0.05) is 43.7 Å². The van der Waals surface area contributed by atoms with Crippen molar-refractivity contribution < 1.29 is 0 Å². The Kier molecular flexibility index (Phi) is 4.90. The summed E-state index contributed by atoms with van der Waals surface area (Å²) in [6.45, 7) is 10.9. The Hall–Kier alpha value is -2.36. The molecule has 4 rings (SSSR count). The molecule has 1 aliphatic rings. The van der Waals surface area contributed by atoms with E-state index in [2.05, 4.69) is 61.4 Å².